The normalized spacial score (nSPS) is 11.3. The Labute approximate surface area is 91.9 Å². The fourth-order valence-electron chi connectivity index (χ4n) is 1.04. The number of hydrogen-bond donors (Lipinski definition) is 1. The molecule has 0 unspecified atom stereocenters. The van der Waals surface area contributed by atoms with Gasteiger partial charge in [-0.15, -0.1) is 0 Å². The zero-order valence-corrected chi connectivity index (χ0v) is 10.0. The number of pyridine rings is 1. The van der Waals surface area contributed by atoms with Crippen LogP contribution in [0.4, 0.5) is 0 Å². The van der Waals surface area contributed by atoms with Gasteiger partial charge in [-0.1, -0.05) is 40.2 Å². The summed E-state index contributed by atoms with van der Waals surface area (Å²) in [5.74, 6) is -0.0596. The maximum atomic E-state index is 10.9. The molecule has 0 aliphatic carbocycles. The first kappa shape index (κ1) is 13.6. The summed E-state index contributed by atoms with van der Waals surface area (Å²) in [6, 6.07) is 3.74. The van der Waals surface area contributed by atoms with Crippen molar-refractivity contribution in [2.24, 2.45) is 0 Å². The molecule has 2 rings (SSSR count). The van der Waals surface area contributed by atoms with Crippen molar-refractivity contribution < 1.29 is 4.79 Å². The fourth-order valence-corrected chi connectivity index (χ4v) is 1.04. The molecule has 1 N–H and O–H groups in total. The number of rotatable bonds is 0. The smallest absolute Gasteiger partial charge is 0.270 e. The third kappa shape index (κ3) is 4.11. The van der Waals surface area contributed by atoms with E-state index in [1.165, 1.54) is 6.42 Å². The summed E-state index contributed by atoms with van der Waals surface area (Å²) in [4.78, 5) is 14.8. The molecule has 3 nitrogen and oxygen atoms in total. The van der Waals surface area contributed by atoms with Crippen LogP contribution in [0.15, 0.2) is 18.3 Å². The van der Waals surface area contributed by atoms with E-state index in [4.69, 9.17) is 0 Å². The van der Waals surface area contributed by atoms with Gasteiger partial charge in [0.2, 0.25) is 0 Å². The third-order valence-corrected chi connectivity index (χ3v) is 1.55. The number of nitrogens with one attached hydrogen (secondary N) is 1. The van der Waals surface area contributed by atoms with Crippen molar-refractivity contribution in [3.05, 3.63) is 29.6 Å². The molecule has 2 heterocycles. The Morgan fingerprint density at radius 2 is 2.00 bits per heavy atom. The highest BCUT2D eigenvalue weighted by Crippen LogP contribution is 2.10. The lowest BCUT2D eigenvalue weighted by atomic mass is 10.2. The molecule has 84 valence electrons. The highest BCUT2D eigenvalue weighted by atomic mass is 16.2. The van der Waals surface area contributed by atoms with E-state index in [9.17, 15) is 4.79 Å². The van der Waals surface area contributed by atoms with Crippen LogP contribution in [0.3, 0.4) is 0 Å². The largest absolute Gasteiger partial charge is 0.347 e. The number of nitrogens with zero attached hydrogens (tertiary/aromatic N) is 1. The topological polar surface area (TPSA) is 42.0 Å². The summed E-state index contributed by atoms with van der Waals surface area (Å²) in [7, 11) is 0. The molecule has 1 aromatic heterocycles. The molecule has 0 spiro atoms. The summed E-state index contributed by atoms with van der Waals surface area (Å²) >= 11 is 0. The predicted octanol–water partition coefficient (Wildman–Crippen LogP) is 2.77. The van der Waals surface area contributed by atoms with Gasteiger partial charge in [-0.05, 0) is 6.07 Å². The van der Waals surface area contributed by atoms with Gasteiger partial charge in [0.05, 0.1) is 0 Å². The molecule has 0 bridgehead atoms. The number of amides is 1. The van der Waals surface area contributed by atoms with Gasteiger partial charge in [0.1, 0.15) is 5.69 Å². The van der Waals surface area contributed by atoms with Crippen LogP contribution in [-0.4, -0.2) is 10.9 Å². The van der Waals surface area contributed by atoms with E-state index in [2.05, 4.69) is 24.1 Å². The number of hydrogen-bond acceptors (Lipinski definition) is 2. The maximum absolute atomic E-state index is 10.9. The van der Waals surface area contributed by atoms with E-state index in [0.29, 0.717) is 12.2 Å². The summed E-state index contributed by atoms with van der Waals surface area (Å²) in [5.41, 5.74) is 1.56. The quantitative estimate of drug-likeness (QED) is 0.712. The molecule has 0 fully saturated rings. The summed E-state index contributed by atoms with van der Waals surface area (Å²) in [6.07, 6.45) is 2.88. The average Bonchev–Trinajstić information content (AvgIpc) is 2.65. The van der Waals surface area contributed by atoms with Crippen molar-refractivity contribution in [1.82, 2.24) is 10.3 Å². The Bertz CT molecular complexity index is 297. The minimum Gasteiger partial charge on any atom is -0.347 e. The molecular weight excluding hydrogens is 188 g/mol. The van der Waals surface area contributed by atoms with E-state index in [-0.39, 0.29) is 5.91 Å². The van der Waals surface area contributed by atoms with Crippen LogP contribution in [0.5, 0.6) is 0 Å². The first-order valence-corrected chi connectivity index (χ1v) is 5.51. The van der Waals surface area contributed by atoms with Crippen LogP contribution in [0.1, 0.15) is 50.2 Å². The third-order valence-electron chi connectivity index (χ3n) is 1.55. The fraction of sp³-hybridized carbons (Fsp3) is 0.500. The Hall–Kier alpha value is -1.38. The van der Waals surface area contributed by atoms with Crippen LogP contribution in [0.2, 0.25) is 0 Å². The van der Waals surface area contributed by atoms with Crippen LogP contribution >= 0.6 is 0 Å². The molecule has 15 heavy (non-hydrogen) atoms. The standard InChI is InChI=1S/C7H6N2O.C3H8.C2H6/c10-7-6-5(4-9-7)2-1-3-8-6;1-3-2;1-2/h1-3H,4H2,(H,9,10);3H2,1-2H3;1-2H3. The SMILES string of the molecule is CC.CCC.O=C1NCc2cccnc21. The Balaban J connectivity index is 0.000000342. The molecule has 1 aliphatic rings. The number of carbonyl (C=O) groups is 1. The second-order valence-corrected chi connectivity index (χ2v) is 2.90. The van der Waals surface area contributed by atoms with Crippen molar-refractivity contribution in [3.8, 4) is 0 Å². The van der Waals surface area contributed by atoms with Gasteiger partial charge in [-0.25, -0.2) is 0 Å². The van der Waals surface area contributed by atoms with Crippen LogP contribution < -0.4 is 5.32 Å². The lowest BCUT2D eigenvalue weighted by Crippen LogP contribution is -2.13. The van der Waals surface area contributed by atoms with Gasteiger partial charge >= 0.3 is 0 Å². The summed E-state index contributed by atoms with van der Waals surface area (Å²) in [5, 5.41) is 2.68. The number of fused-ring (bicyclic) bond motifs is 1. The van der Waals surface area contributed by atoms with Gasteiger partial charge < -0.3 is 5.32 Å². The van der Waals surface area contributed by atoms with E-state index in [1.807, 2.05) is 26.0 Å². The monoisotopic (exact) mass is 208 g/mol. The minimum atomic E-state index is -0.0596. The zero-order chi connectivity index (χ0) is 11.7. The van der Waals surface area contributed by atoms with E-state index < -0.39 is 0 Å². The van der Waals surface area contributed by atoms with E-state index in [1.54, 1.807) is 6.20 Å². The molecule has 1 amide bonds. The highest BCUT2D eigenvalue weighted by Gasteiger charge is 2.18. The van der Waals surface area contributed by atoms with Crippen molar-refractivity contribution in [2.45, 2.75) is 40.7 Å². The van der Waals surface area contributed by atoms with Crippen molar-refractivity contribution >= 4 is 5.91 Å². The first-order valence-electron chi connectivity index (χ1n) is 5.51. The Morgan fingerprint density at radius 1 is 1.40 bits per heavy atom. The van der Waals surface area contributed by atoms with Crippen molar-refractivity contribution in [1.29, 1.82) is 0 Å². The average molecular weight is 208 g/mol. The van der Waals surface area contributed by atoms with E-state index >= 15 is 0 Å². The lowest BCUT2D eigenvalue weighted by molar-refractivity contribution is 0.0961. The zero-order valence-electron chi connectivity index (χ0n) is 10.0. The molecule has 1 aromatic rings. The summed E-state index contributed by atoms with van der Waals surface area (Å²) < 4.78 is 0. The van der Waals surface area contributed by atoms with Crippen molar-refractivity contribution in [2.75, 3.05) is 0 Å². The van der Waals surface area contributed by atoms with Crippen molar-refractivity contribution in [3.63, 3.8) is 0 Å². The molecule has 0 atom stereocenters. The van der Waals surface area contributed by atoms with Crippen LogP contribution in [0.25, 0.3) is 0 Å². The van der Waals surface area contributed by atoms with Gasteiger partial charge in [-0.3, -0.25) is 9.78 Å². The molecule has 0 aromatic carbocycles. The molecular formula is C12H20N2O. The predicted molar refractivity (Wildman–Crippen MR) is 62.7 cm³/mol. The molecule has 0 saturated heterocycles. The second kappa shape index (κ2) is 7.97. The van der Waals surface area contributed by atoms with E-state index in [0.717, 1.165) is 5.56 Å². The van der Waals surface area contributed by atoms with Gasteiger partial charge in [0.15, 0.2) is 0 Å². The molecule has 0 radical (unpaired) electrons. The molecule has 3 heteroatoms. The highest BCUT2D eigenvalue weighted by molar-refractivity contribution is 5.96. The molecule has 0 saturated carbocycles. The van der Waals surface area contributed by atoms with Gasteiger partial charge in [0, 0.05) is 18.3 Å². The lowest BCUT2D eigenvalue weighted by Gasteiger charge is -1.88. The van der Waals surface area contributed by atoms with Gasteiger partial charge in [-0.2, -0.15) is 0 Å². The van der Waals surface area contributed by atoms with Crippen LogP contribution in [0, 0.1) is 0 Å². The Morgan fingerprint density at radius 3 is 2.53 bits per heavy atom. The van der Waals surface area contributed by atoms with Crippen LogP contribution in [-0.2, 0) is 6.54 Å². The Kier molecular flexibility index (Phi) is 7.24. The minimum absolute atomic E-state index is 0.0596. The first-order chi connectivity index (χ1) is 7.29. The molecule has 1 aliphatic heterocycles. The maximum Gasteiger partial charge on any atom is 0.270 e. The van der Waals surface area contributed by atoms with Gasteiger partial charge in [0.25, 0.3) is 5.91 Å². The summed E-state index contributed by atoms with van der Waals surface area (Å²) in [6.45, 7) is 8.88. The number of carbonyl (C=O) groups excluding carboxylic acids is 1. The second-order valence-electron chi connectivity index (χ2n) is 2.90. The number of aromatic nitrogens is 1.